The van der Waals surface area contributed by atoms with Crippen molar-refractivity contribution in [3.8, 4) is 0 Å². The summed E-state index contributed by atoms with van der Waals surface area (Å²) in [5.41, 5.74) is 1.53. The number of benzene rings is 2. The maximum atomic E-state index is 13.1. The minimum Gasteiger partial charge on any atom is -0.303 e. The quantitative estimate of drug-likeness (QED) is 0.796. The van der Waals surface area contributed by atoms with Crippen LogP contribution in [0.3, 0.4) is 0 Å². The Balaban J connectivity index is 1.99. The fourth-order valence-electron chi connectivity index (χ4n) is 2.99. The number of rotatable bonds is 5. The molecule has 1 atom stereocenters. The third-order valence-corrected chi connectivity index (χ3v) is 4.33. The van der Waals surface area contributed by atoms with Crippen LogP contribution in [0.4, 0.5) is 5.69 Å². The van der Waals surface area contributed by atoms with Gasteiger partial charge in [0, 0.05) is 6.42 Å². The molecule has 0 unspecified atom stereocenters. The summed E-state index contributed by atoms with van der Waals surface area (Å²) in [6.07, 6.45) is 1.43. The first-order chi connectivity index (χ1) is 11.2. The van der Waals surface area contributed by atoms with Crippen molar-refractivity contribution in [1.29, 1.82) is 0 Å². The van der Waals surface area contributed by atoms with Crippen molar-refractivity contribution < 1.29 is 9.59 Å². The Bertz CT molecular complexity index is 740. The Labute approximate surface area is 135 Å². The SMILES string of the molecule is CC1=NN(c2ccccc2)C(=O)[C@]1(CC=O)Cc1ccccc1. The van der Waals surface area contributed by atoms with E-state index in [1.807, 2.05) is 67.6 Å². The minimum absolute atomic E-state index is 0.138. The maximum absolute atomic E-state index is 13.1. The van der Waals surface area contributed by atoms with Crippen molar-refractivity contribution >= 4 is 23.6 Å². The summed E-state index contributed by atoms with van der Waals surface area (Å²) in [6, 6.07) is 19.1. The van der Waals surface area contributed by atoms with Gasteiger partial charge in [-0.05, 0) is 31.0 Å². The zero-order valence-electron chi connectivity index (χ0n) is 13.0. The van der Waals surface area contributed by atoms with Crippen molar-refractivity contribution in [3.05, 3.63) is 66.2 Å². The number of amides is 1. The van der Waals surface area contributed by atoms with E-state index in [1.54, 1.807) is 0 Å². The van der Waals surface area contributed by atoms with Gasteiger partial charge in [-0.2, -0.15) is 10.1 Å². The fourth-order valence-corrected chi connectivity index (χ4v) is 2.99. The molecule has 0 saturated carbocycles. The molecule has 3 rings (SSSR count). The fraction of sp³-hybridized carbons (Fsp3) is 0.211. The van der Waals surface area contributed by atoms with Gasteiger partial charge >= 0.3 is 0 Å². The molecule has 0 aliphatic carbocycles. The molecule has 2 aromatic carbocycles. The topological polar surface area (TPSA) is 49.7 Å². The lowest BCUT2D eigenvalue weighted by molar-refractivity contribution is -0.126. The van der Waals surface area contributed by atoms with E-state index in [-0.39, 0.29) is 12.3 Å². The molecule has 0 N–H and O–H groups in total. The summed E-state index contributed by atoms with van der Waals surface area (Å²) in [6.45, 7) is 1.83. The molecule has 116 valence electrons. The normalized spacial score (nSPS) is 20.5. The van der Waals surface area contributed by atoms with E-state index in [4.69, 9.17) is 0 Å². The number of hydrogen-bond acceptors (Lipinski definition) is 3. The van der Waals surface area contributed by atoms with E-state index in [2.05, 4.69) is 5.10 Å². The molecule has 1 aliphatic rings. The third-order valence-electron chi connectivity index (χ3n) is 4.33. The lowest BCUT2D eigenvalue weighted by atomic mass is 9.75. The van der Waals surface area contributed by atoms with Gasteiger partial charge in [0.05, 0.1) is 11.4 Å². The molecule has 0 bridgehead atoms. The van der Waals surface area contributed by atoms with E-state index in [0.29, 0.717) is 12.1 Å². The van der Waals surface area contributed by atoms with Crippen molar-refractivity contribution in [1.82, 2.24) is 0 Å². The smallest absolute Gasteiger partial charge is 0.260 e. The lowest BCUT2D eigenvalue weighted by Gasteiger charge is -2.26. The number of carbonyl (C=O) groups excluding carboxylic acids is 2. The van der Waals surface area contributed by atoms with E-state index in [1.165, 1.54) is 5.01 Å². The van der Waals surface area contributed by atoms with Gasteiger partial charge in [-0.3, -0.25) is 4.79 Å². The molecular formula is C19H18N2O2. The van der Waals surface area contributed by atoms with Crippen LogP contribution in [0.25, 0.3) is 0 Å². The van der Waals surface area contributed by atoms with E-state index in [0.717, 1.165) is 17.5 Å². The van der Waals surface area contributed by atoms with E-state index >= 15 is 0 Å². The number of hydrazone groups is 1. The van der Waals surface area contributed by atoms with Crippen LogP contribution in [0.15, 0.2) is 65.8 Å². The van der Waals surface area contributed by atoms with Gasteiger partial charge in [0.15, 0.2) is 0 Å². The summed E-state index contributed by atoms with van der Waals surface area (Å²) in [5.74, 6) is -0.142. The van der Waals surface area contributed by atoms with Crippen LogP contribution in [0.5, 0.6) is 0 Å². The molecule has 0 saturated heterocycles. The average molecular weight is 306 g/mol. The van der Waals surface area contributed by atoms with Gasteiger partial charge in [-0.1, -0.05) is 48.5 Å². The van der Waals surface area contributed by atoms with Crippen LogP contribution in [0.1, 0.15) is 18.9 Å². The van der Waals surface area contributed by atoms with E-state index in [9.17, 15) is 9.59 Å². The molecule has 0 radical (unpaired) electrons. The Morgan fingerprint density at radius 2 is 1.65 bits per heavy atom. The molecular weight excluding hydrogens is 288 g/mol. The predicted octanol–water partition coefficient (Wildman–Crippen LogP) is 3.23. The van der Waals surface area contributed by atoms with Gasteiger partial charge < -0.3 is 4.79 Å². The molecule has 23 heavy (non-hydrogen) atoms. The molecule has 0 spiro atoms. The van der Waals surface area contributed by atoms with Crippen molar-refractivity contribution in [2.24, 2.45) is 10.5 Å². The largest absolute Gasteiger partial charge is 0.303 e. The van der Waals surface area contributed by atoms with Crippen LogP contribution >= 0.6 is 0 Å². The molecule has 2 aromatic rings. The second-order valence-electron chi connectivity index (χ2n) is 5.75. The first kappa shape index (κ1) is 15.2. The number of hydrogen-bond donors (Lipinski definition) is 0. The van der Waals surface area contributed by atoms with Crippen LogP contribution in [-0.4, -0.2) is 17.9 Å². The van der Waals surface area contributed by atoms with Crippen molar-refractivity contribution in [2.75, 3.05) is 5.01 Å². The van der Waals surface area contributed by atoms with Crippen molar-refractivity contribution in [2.45, 2.75) is 19.8 Å². The summed E-state index contributed by atoms with van der Waals surface area (Å²) >= 11 is 0. The zero-order chi connectivity index (χ0) is 16.3. The standard InChI is InChI=1S/C19H18N2O2/c1-15-19(12-13-22,14-16-8-4-2-5-9-16)18(23)21(20-15)17-10-6-3-7-11-17/h2-11,13H,12,14H2,1H3/t19-/m1/s1. The van der Waals surface area contributed by atoms with Gasteiger partial charge in [-0.15, -0.1) is 0 Å². The monoisotopic (exact) mass is 306 g/mol. The maximum Gasteiger partial charge on any atom is 0.260 e. The highest BCUT2D eigenvalue weighted by Gasteiger charge is 2.49. The summed E-state index contributed by atoms with van der Waals surface area (Å²) in [5, 5.41) is 5.87. The minimum atomic E-state index is -0.890. The summed E-state index contributed by atoms with van der Waals surface area (Å²) in [4.78, 5) is 24.3. The first-order valence-electron chi connectivity index (χ1n) is 7.60. The van der Waals surface area contributed by atoms with Crippen LogP contribution in [0.2, 0.25) is 0 Å². The van der Waals surface area contributed by atoms with Gasteiger partial charge in [0.1, 0.15) is 11.7 Å². The van der Waals surface area contributed by atoms with Crippen LogP contribution in [0, 0.1) is 5.41 Å². The second kappa shape index (κ2) is 6.16. The number of nitrogens with zero attached hydrogens (tertiary/aromatic N) is 2. The number of para-hydroxylation sites is 1. The highest BCUT2D eigenvalue weighted by molar-refractivity contribution is 6.19. The van der Waals surface area contributed by atoms with E-state index < -0.39 is 5.41 Å². The molecule has 4 nitrogen and oxygen atoms in total. The molecule has 1 aliphatic heterocycles. The van der Waals surface area contributed by atoms with Crippen molar-refractivity contribution in [3.63, 3.8) is 0 Å². The second-order valence-corrected chi connectivity index (χ2v) is 5.75. The average Bonchev–Trinajstić information content (AvgIpc) is 2.82. The Kier molecular flexibility index (Phi) is 4.06. The molecule has 1 heterocycles. The van der Waals surface area contributed by atoms with Gasteiger partial charge in [0.25, 0.3) is 5.91 Å². The number of aldehydes is 1. The summed E-state index contributed by atoms with van der Waals surface area (Å²) in [7, 11) is 0. The predicted molar refractivity (Wildman–Crippen MR) is 90.3 cm³/mol. The Morgan fingerprint density at radius 1 is 1.04 bits per heavy atom. The van der Waals surface area contributed by atoms with Crippen LogP contribution < -0.4 is 5.01 Å². The van der Waals surface area contributed by atoms with Crippen LogP contribution in [-0.2, 0) is 16.0 Å². The van der Waals surface area contributed by atoms with Gasteiger partial charge in [0.2, 0.25) is 0 Å². The first-order valence-corrected chi connectivity index (χ1v) is 7.60. The molecule has 0 aromatic heterocycles. The third kappa shape index (κ3) is 2.68. The zero-order valence-corrected chi connectivity index (χ0v) is 13.0. The molecule has 0 fully saturated rings. The molecule has 4 heteroatoms. The Morgan fingerprint density at radius 3 is 2.26 bits per heavy atom. The molecule has 1 amide bonds. The number of anilines is 1. The Hall–Kier alpha value is -2.75. The highest BCUT2D eigenvalue weighted by atomic mass is 16.2. The number of carbonyl (C=O) groups is 2. The lowest BCUT2D eigenvalue weighted by Crippen LogP contribution is -2.41. The van der Waals surface area contributed by atoms with Gasteiger partial charge in [-0.25, -0.2) is 0 Å². The summed E-state index contributed by atoms with van der Waals surface area (Å²) < 4.78 is 0. The highest BCUT2D eigenvalue weighted by Crippen LogP contribution is 2.38.